The summed E-state index contributed by atoms with van der Waals surface area (Å²) >= 11 is 0. The Morgan fingerprint density at radius 3 is 0.920 bits per heavy atom. The van der Waals surface area contributed by atoms with E-state index in [0.29, 0.717) is 88.8 Å². The van der Waals surface area contributed by atoms with Crippen molar-refractivity contribution >= 4 is 122 Å². The number of nitrogens with one attached hydrogen (secondary N) is 2. The molecule has 2 N–H and O–H groups in total. The number of rotatable bonds is 18. The van der Waals surface area contributed by atoms with E-state index in [9.17, 15) is 0 Å². The normalized spacial score (nSPS) is 13.7. The molecule has 0 fully saturated rings. The van der Waals surface area contributed by atoms with E-state index in [0.717, 1.165) is 31.3 Å². The smallest absolute Gasteiger partial charge is 0.262 e. The number of furan rings is 2. The second-order valence-electron chi connectivity index (χ2n) is 25.9. The number of carbonyl (C=O) groups excluding carboxylic acids is 6. The molecule has 0 bridgehead atoms. The topological polar surface area (TPSA) is 196 Å². The molecule has 2 aliphatic heterocycles. The van der Waals surface area contributed by atoms with Gasteiger partial charge in [0.15, 0.2) is 0 Å². The lowest BCUT2D eigenvalue weighted by molar-refractivity contribution is -0.127. The van der Waals surface area contributed by atoms with Gasteiger partial charge in [0.2, 0.25) is 11.8 Å². The van der Waals surface area contributed by atoms with Crippen LogP contribution in [0.5, 0.6) is 46.0 Å². The van der Waals surface area contributed by atoms with Gasteiger partial charge in [-0.25, -0.2) is 0 Å². The van der Waals surface area contributed by atoms with Crippen LogP contribution in [-0.2, 0) is 22.7 Å². The van der Waals surface area contributed by atoms with Crippen molar-refractivity contribution in [1.82, 2.24) is 20.4 Å². The lowest BCUT2D eigenvalue weighted by Crippen LogP contribution is -2.56. The molecule has 2 unspecified atom stereocenters. The van der Waals surface area contributed by atoms with Gasteiger partial charge in [-0.3, -0.25) is 38.6 Å². The molecule has 100 heavy (non-hydrogen) atoms. The summed E-state index contributed by atoms with van der Waals surface area (Å²) in [7, 11) is 0. The van der Waals surface area contributed by atoms with Crippen LogP contribution in [0.2, 0.25) is 0 Å². The van der Waals surface area contributed by atoms with Crippen LogP contribution in [-0.4, -0.2) is 57.3 Å². The highest BCUT2D eigenvalue weighted by atomic mass is 16.5. The molecule has 4 heterocycles. The summed E-state index contributed by atoms with van der Waals surface area (Å²) in [5.41, 5.74) is 4.07. The molecule has 17 rings (SSSR count). The Labute approximate surface area is 571 Å². The molecule has 2 aliphatic rings. The van der Waals surface area contributed by atoms with Crippen LogP contribution in [0.3, 0.4) is 0 Å². The molecular weight excluding hydrogens is 1260 g/mol. The van der Waals surface area contributed by atoms with Crippen molar-refractivity contribution in [3.63, 3.8) is 0 Å². The first-order valence-corrected chi connectivity index (χ1v) is 33.1. The number of fused-ring (bicyclic) bond motifs is 8. The van der Waals surface area contributed by atoms with Crippen molar-refractivity contribution in [3.05, 3.63) is 264 Å². The van der Waals surface area contributed by atoms with Crippen molar-refractivity contribution in [1.29, 1.82) is 0 Å². The number of hydrogen-bond donors (Lipinski definition) is 2. The number of carbonyl (C=O) groups is 6. The van der Waals surface area contributed by atoms with Gasteiger partial charge < -0.3 is 38.4 Å². The third-order valence-corrected chi connectivity index (χ3v) is 19.1. The van der Waals surface area contributed by atoms with Gasteiger partial charge in [0, 0.05) is 88.9 Å². The summed E-state index contributed by atoms with van der Waals surface area (Å²) in [4.78, 5) is 97.3. The largest absolute Gasteiger partial charge is 0.457 e. The monoisotopic (exact) mass is 1320 g/mol. The van der Waals surface area contributed by atoms with Gasteiger partial charge in [-0.15, -0.1) is 0 Å². The van der Waals surface area contributed by atoms with Gasteiger partial charge in [0.25, 0.3) is 23.6 Å². The Morgan fingerprint density at radius 2 is 0.620 bits per heavy atom. The van der Waals surface area contributed by atoms with Crippen molar-refractivity contribution in [2.45, 2.75) is 52.9 Å². The molecule has 13 aromatic carbocycles. The van der Waals surface area contributed by atoms with Crippen LogP contribution in [0.15, 0.2) is 239 Å². The lowest BCUT2D eigenvalue weighted by Gasteiger charge is -2.37. The summed E-state index contributed by atoms with van der Waals surface area (Å²) in [6, 6.07) is 66.4. The first-order chi connectivity index (χ1) is 48.8. The van der Waals surface area contributed by atoms with Gasteiger partial charge in [0.05, 0.1) is 22.3 Å². The summed E-state index contributed by atoms with van der Waals surface area (Å²) in [5, 5.41) is 12.0. The molecular formula is C84H60N4O12. The highest BCUT2D eigenvalue weighted by Crippen LogP contribution is 2.58. The number of benzene rings is 13. The summed E-state index contributed by atoms with van der Waals surface area (Å²) < 4.78 is 41.2. The molecule has 0 radical (unpaired) electrons. The highest BCUT2D eigenvalue weighted by molar-refractivity contribution is 6.45. The van der Waals surface area contributed by atoms with Crippen molar-refractivity contribution in [3.8, 4) is 46.0 Å². The van der Waals surface area contributed by atoms with Gasteiger partial charge in [-0.2, -0.15) is 0 Å². The van der Waals surface area contributed by atoms with E-state index in [1.165, 1.54) is 0 Å². The van der Waals surface area contributed by atoms with E-state index in [2.05, 4.69) is 10.6 Å². The van der Waals surface area contributed by atoms with Crippen LogP contribution in [0, 0.1) is 11.8 Å². The van der Waals surface area contributed by atoms with Crippen LogP contribution in [0.25, 0.3) is 87.0 Å². The van der Waals surface area contributed by atoms with Gasteiger partial charge in [0.1, 0.15) is 80.4 Å². The summed E-state index contributed by atoms with van der Waals surface area (Å²) in [6.07, 6.45) is 0. The van der Waals surface area contributed by atoms with Gasteiger partial charge in [-0.1, -0.05) is 173 Å². The Balaban J connectivity index is 0.902. The fourth-order valence-electron chi connectivity index (χ4n) is 14.7. The van der Waals surface area contributed by atoms with Crippen LogP contribution >= 0.6 is 0 Å². The highest BCUT2D eigenvalue weighted by Gasteiger charge is 2.47. The Morgan fingerprint density at radius 1 is 0.340 bits per heavy atom. The van der Waals surface area contributed by atoms with E-state index >= 15 is 28.8 Å². The second-order valence-corrected chi connectivity index (χ2v) is 25.9. The van der Waals surface area contributed by atoms with E-state index in [1.54, 1.807) is 149 Å². The van der Waals surface area contributed by atoms with Crippen molar-refractivity contribution < 1.29 is 56.5 Å². The van der Waals surface area contributed by atoms with Gasteiger partial charge >= 0.3 is 0 Å². The van der Waals surface area contributed by atoms with E-state index in [1.807, 2.05) is 109 Å². The van der Waals surface area contributed by atoms with E-state index in [4.69, 9.17) is 27.8 Å². The number of amides is 6. The molecule has 2 atom stereocenters. The quantitative estimate of drug-likeness (QED) is 0.0469. The summed E-state index contributed by atoms with van der Waals surface area (Å²) in [6.45, 7) is 7.15. The van der Waals surface area contributed by atoms with E-state index in [-0.39, 0.29) is 69.1 Å². The molecule has 15 aromatic rings. The molecule has 16 heteroatoms. The minimum absolute atomic E-state index is 0.0130. The van der Waals surface area contributed by atoms with Crippen molar-refractivity contribution in [2.24, 2.45) is 11.8 Å². The average molecular weight is 1320 g/mol. The molecule has 16 nitrogen and oxygen atoms in total. The predicted molar refractivity (Wildman–Crippen MR) is 383 cm³/mol. The third-order valence-electron chi connectivity index (χ3n) is 19.1. The first-order valence-electron chi connectivity index (χ1n) is 33.1. The molecule has 0 aliphatic carbocycles. The fourth-order valence-corrected chi connectivity index (χ4v) is 14.7. The number of ether oxygens (including phenoxy) is 4. The average Bonchev–Trinajstić information content (AvgIpc) is 0.783. The number of nitrogens with zero attached hydrogens (tertiary/aromatic N) is 2. The maximum atomic E-state index is 16.2. The maximum Gasteiger partial charge on any atom is 0.262 e. The molecule has 6 amide bonds. The Kier molecular flexibility index (Phi) is 14.6. The zero-order valence-electron chi connectivity index (χ0n) is 54.5. The fraction of sp³-hybridized carbons (Fsp3) is 0.119. The Bertz CT molecular complexity index is 5340. The summed E-state index contributed by atoms with van der Waals surface area (Å²) in [5.74, 6) is -3.67. The van der Waals surface area contributed by atoms with Crippen molar-refractivity contribution in [2.75, 3.05) is 0 Å². The SMILES string of the molecule is CC(C)C(C(=O)NCc1cccc2c1oc1ccccc12)N1C(=O)c2cc(Oc3ccccc3)c3c4c(Oc5ccccc5)cc5c6c(cc(Oc7ccccc7)c(c7c(Oc8ccccc8)cc(c2c37)C1=O)c64)C(=O)N(C(C(=O)NCc1cccc2c1oc1ccccc12)C(C)C)C5=O. The van der Waals surface area contributed by atoms with Gasteiger partial charge in [-0.05, 0) is 96.8 Å². The maximum absolute atomic E-state index is 16.2. The first kappa shape index (κ1) is 60.8. The van der Waals surface area contributed by atoms with Crippen LogP contribution in [0.4, 0.5) is 0 Å². The zero-order valence-corrected chi connectivity index (χ0v) is 54.5. The standard InChI is InChI=1S/C84H60N4O12/c1-45(2)75(79(89)85-43-47-23-21-35-55-53-33-17-19-37-61(53)99-77(47)55)87-81(91)57-39-63(95-49-25-9-5-10-26-49)69-71-65(97-51-29-13-7-14-30-51)41-59-68-60(84(94)88(83(59)93)76(46(3)4)80(90)86-44-48-24-22-36-56-54-34-18-20-38-62(54)100-78(48)56)42-66(98-52-31-15-8-16-32-52)72(74(68)71)70-64(96-50-27-11-6-12-28-50)40-58(82(87)92)67(57)73(69)70/h5-42,45-46,75-76H,43-44H2,1-4H3,(H,85,89)(H,86,90). The third kappa shape index (κ3) is 9.88. The number of para-hydroxylation sites is 8. The molecule has 0 saturated heterocycles. The minimum atomic E-state index is -1.36. The number of imide groups is 2. The predicted octanol–water partition coefficient (Wildman–Crippen LogP) is 18.6. The van der Waals surface area contributed by atoms with E-state index < -0.39 is 59.4 Å². The van der Waals surface area contributed by atoms with Crippen LogP contribution < -0.4 is 29.6 Å². The second kappa shape index (κ2) is 24.1. The minimum Gasteiger partial charge on any atom is -0.457 e. The Hall–Kier alpha value is -12.8. The number of hydrogen-bond acceptors (Lipinski definition) is 12. The molecule has 0 saturated carbocycles. The molecule has 488 valence electrons. The zero-order chi connectivity index (χ0) is 68.2. The lowest BCUT2D eigenvalue weighted by atomic mass is 9.80. The molecule has 2 aromatic heterocycles. The van der Waals surface area contributed by atoms with Crippen LogP contribution in [0.1, 0.15) is 80.3 Å². The molecule has 0 spiro atoms.